The second-order valence-corrected chi connectivity index (χ2v) is 6.97. The molecule has 2 aromatic rings. The fraction of sp³-hybridized carbons (Fsp3) is 0.400. The average Bonchev–Trinajstić information content (AvgIpc) is 2.61. The maximum Gasteiger partial charge on any atom is 0.0949 e. The lowest BCUT2D eigenvalue weighted by Crippen LogP contribution is -2.43. The first-order chi connectivity index (χ1) is 11.6. The molecular weight excluding hydrogens is 322 g/mol. The van der Waals surface area contributed by atoms with Gasteiger partial charge in [0.25, 0.3) is 0 Å². The molecule has 1 aliphatic rings. The van der Waals surface area contributed by atoms with Crippen LogP contribution in [0, 0.1) is 0 Å². The van der Waals surface area contributed by atoms with E-state index in [2.05, 4.69) is 17.0 Å². The number of ether oxygens (including phenoxy) is 1. The summed E-state index contributed by atoms with van der Waals surface area (Å²) in [6, 6.07) is 17.7. The van der Waals surface area contributed by atoms with Gasteiger partial charge in [0, 0.05) is 30.6 Å². The summed E-state index contributed by atoms with van der Waals surface area (Å²) in [5, 5.41) is 12.1. The smallest absolute Gasteiger partial charge is 0.0949 e. The molecule has 24 heavy (non-hydrogen) atoms. The largest absolute Gasteiger partial charge is 0.385 e. The number of hydrogen-bond donors (Lipinski definition) is 1. The van der Waals surface area contributed by atoms with Crippen LogP contribution < -0.4 is 0 Å². The second kappa shape index (κ2) is 7.66. The van der Waals surface area contributed by atoms with Gasteiger partial charge in [0.1, 0.15) is 0 Å². The zero-order valence-electron chi connectivity index (χ0n) is 14.0. The topological polar surface area (TPSA) is 32.7 Å². The molecule has 2 atom stereocenters. The summed E-state index contributed by atoms with van der Waals surface area (Å²) in [5.41, 5.74) is 1.04. The van der Waals surface area contributed by atoms with Crippen molar-refractivity contribution in [1.82, 2.24) is 4.90 Å². The van der Waals surface area contributed by atoms with E-state index < -0.39 is 5.60 Å². The number of hydrogen-bond acceptors (Lipinski definition) is 3. The Morgan fingerprint density at radius 2 is 1.71 bits per heavy atom. The van der Waals surface area contributed by atoms with Crippen molar-refractivity contribution in [3.63, 3.8) is 0 Å². The van der Waals surface area contributed by atoms with Crippen LogP contribution in [0.15, 0.2) is 54.6 Å². The number of morpholine rings is 1. The highest BCUT2D eigenvalue weighted by Crippen LogP contribution is 2.38. The normalized spacial score (nSPS) is 19.6. The van der Waals surface area contributed by atoms with Crippen molar-refractivity contribution in [2.45, 2.75) is 18.4 Å². The lowest BCUT2D eigenvalue weighted by atomic mass is 9.78. The van der Waals surface area contributed by atoms with Crippen LogP contribution >= 0.6 is 11.6 Å². The van der Waals surface area contributed by atoms with E-state index in [9.17, 15) is 5.11 Å². The molecule has 0 spiro atoms. The van der Waals surface area contributed by atoms with Gasteiger partial charge in [0.2, 0.25) is 0 Å². The molecule has 1 N–H and O–H groups in total. The minimum absolute atomic E-state index is 0.0297. The van der Waals surface area contributed by atoms with Crippen LogP contribution in [-0.4, -0.2) is 42.9 Å². The quantitative estimate of drug-likeness (QED) is 0.897. The van der Waals surface area contributed by atoms with Crippen LogP contribution in [0.3, 0.4) is 0 Å². The standard InChI is InChI=1S/C20H24ClNO2/c1-20(23,17-7-9-18(21)10-8-17)19(16-5-3-2-4-6-16)15-22-11-13-24-14-12-22/h2-10,19,23H,11-15H2,1H3/t19-,20-/m0/s1. The molecule has 0 saturated carbocycles. The van der Waals surface area contributed by atoms with Gasteiger partial charge in [-0.25, -0.2) is 0 Å². The molecule has 0 aliphatic carbocycles. The van der Waals surface area contributed by atoms with Crippen molar-refractivity contribution >= 4 is 11.6 Å². The van der Waals surface area contributed by atoms with Crippen molar-refractivity contribution in [3.8, 4) is 0 Å². The zero-order valence-corrected chi connectivity index (χ0v) is 14.7. The summed E-state index contributed by atoms with van der Waals surface area (Å²) < 4.78 is 5.45. The molecule has 128 valence electrons. The van der Waals surface area contributed by atoms with E-state index in [0.717, 1.165) is 44.0 Å². The summed E-state index contributed by atoms with van der Waals surface area (Å²) in [5.74, 6) is -0.0297. The molecule has 0 aromatic heterocycles. The van der Waals surface area contributed by atoms with Crippen molar-refractivity contribution in [3.05, 3.63) is 70.7 Å². The van der Waals surface area contributed by atoms with Crippen LogP contribution in [0.1, 0.15) is 24.0 Å². The maximum absolute atomic E-state index is 11.4. The Bertz CT molecular complexity index is 636. The van der Waals surface area contributed by atoms with Gasteiger partial charge in [-0.1, -0.05) is 54.1 Å². The highest BCUT2D eigenvalue weighted by molar-refractivity contribution is 6.30. The molecule has 0 amide bonds. The van der Waals surface area contributed by atoms with Crippen molar-refractivity contribution in [2.24, 2.45) is 0 Å². The Kier molecular flexibility index (Phi) is 5.57. The molecule has 4 heteroatoms. The SMILES string of the molecule is C[C@](O)(c1ccc(Cl)cc1)[C@@H](CN1CCOCC1)c1ccccc1. The number of nitrogens with zero attached hydrogens (tertiary/aromatic N) is 1. The first-order valence-electron chi connectivity index (χ1n) is 8.41. The summed E-state index contributed by atoms with van der Waals surface area (Å²) in [6.07, 6.45) is 0. The van der Waals surface area contributed by atoms with E-state index in [0.29, 0.717) is 5.02 Å². The first-order valence-corrected chi connectivity index (χ1v) is 8.78. The fourth-order valence-corrected chi connectivity index (χ4v) is 3.45. The third-order valence-electron chi connectivity index (χ3n) is 4.85. The van der Waals surface area contributed by atoms with Gasteiger partial charge in [0.05, 0.1) is 18.8 Å². The molecule has 0 unspecified atom stereocenters. The lowest BCUT2D eigenvalue weighted by molar-refractivity contribution is -0.0107. The van der Waals surface area contributed by atoms with Crippen LogP contribution in [0.2, 0.25) is 5.02 Å². The Balaban J connectivity index is 1.91. The van der Waals surface area contributed by atoms with Crippen molar-refractivity contribution < 1.29 is 9.84 Å². The summed E-state index contributed by atoms with van der Waals surface area (Å²) in [6.45, 7) is 6.01. The number of aliphatic hydroxyl groups is 1. The molecule has 0 radical (unpaired) electrons. The van der Waals surface area contributed by atoms with Gasteiger partial charge in [-0.15, -0.1) is 0 Å². The molecule has 1 aliphatic heterocycles. The van der Waals surface area contributed by atoms with Crippen LogP contribution in [0.4, 0.5) is 0 Å². The molecule has 1 saturated heterocycles. The molecule has 3 nitrogen and oxygen atoms in total. The van der Waals surface area contributed by atoms with E-state index in [-0.39, 0.29) is 5.92 Å². The van der Waals surface area contributed by atoms with E-state index >= 15 is 0 Å². The number of rotatable bonds is 5. The monoisotopic (exact) mass is 345 g/mol. The Morgan fingerprint density at radius 3 is 2.33 bits per heavy atom. The maximum atomic E-state index is 11.4. The average molecular weight is 346 g/mol. The molecule has 2 aromatic carbocycles. The summed E-state index contributed by atoms with van der Waals surface area (Å²) >= 11 is 6.01. The fourth-order valence-electron chi connectivity index (χ4n) is 3.32. The molecular formula is C20H24ClNO2. The Morgan fingerprint density at radius 1 is 1.08 bits per heavy atom. The van der Waals surface area contributed by atoms with E-state index in [1.807, 2.05) is 49.4 Å². The van der Waals surface area contributed by atoms with Gasteiger partial charge >= 0.3 is 0 Å². The van der Waals surface area contributed by atoms with Gasteiger partial charge < -0.3 is 9.84 Å². The van der Waals surface area contributed by atoms with Crippen molar-refractivity contribution in [2.75, 3.05) is 32.8 Å². The summed E-state index contributed by atoms with van der Waals surface area (Å²) in [4.78, 5) is 2.37. The van der Waals surface area contributed by atoms with E-state index in [1.54, 1.807) is 0 Å². The predicted octanol–water partition coefficient (Wildman–Crippen LogP) is 3.66. The third kappa shape index (κ3) is 3.98. The third-order valence-corrected chi connectivity index (χ3v) is 5.11. The van der Waals surface area contributed by atoms with Crippen LogP contribution in [0.5, 0.6) is 0 Å². The predicted molar refractivity (Wildman–Crippen MR) is 97.5 cm³/mol. The minimum Gasteiger partial charge on any atom is -0.385 e. The van der Waals surface area contributed by atoms with Gasteiger partial charge in [-0.2, -0.15) is 0 Å². The molecule has 0 bridgehead atoms. The summed E-state index contributed by atoms with van der Waals surface area (Å²) in [7, 11) is 0. The highest BCUT2D eigenvalue weighted by Gasteiger charge is 2.36. The molecule has 1 heterocycles. The first kappa shape index (κ1) is 17.4. The Labute approximate surface area is 148 Å². The van der Waals surface area contributed by atoms with Crippen LogP contribution in [0.25, 0.3) is 0 Å². The lowest BCUT2D eigenvalue weighted by Gasteiger charge is -2.38. The zero-order chi connectivity index (χ0) is 17.0. The van der Waals surface area contributed by atoms with E-state index in [4.69, 9.17) is 16.3 Å². The van der Waals surface area contributed by atoms with E-state index in [1.165, 1.54) is 0 Å². The minimum atomic E-state index is -0.982. The second-order valence-electron chi connectivity index (χ2n) is 6.53. The number of halogens is 1. The van der Waals surface area contributed by atoms with Crippen LogP contribution in [-0.2, 0) is 10.3 Å². The van der Waals surface area contributed by atoms with Gasteiger partial charge in [0.15, 0.2) is 0 Å². The highest BCUT2D eigenvalue weighted by atomic mass is 35.5. The van der Waals surface area contributed by atoms with Gasteiger partial charge in [-0.3, -0.25) is 4.90 Å². The Hall–Kier alpha value is -1.39. The number of benzene rings is 2. The van der Waals surface area contributed by atoms with Gasteiger partial charge in [-0.05, 0) is 30.2 Å². The molecule has 3 rings (SSSR count). The van der Waals surface area contributed by atoms with Crippen molar-refractivity contribution in [1.29, 1.82) is 0 Å². The molecule has 1 fully saturated rings.